The zero-order valence-electron chi connectivity index (χ0n) is 19.0. The van der Waals surface area contributed by atoms with Crippen LogP contribution in [0.4, 0.5) is 5.82 Å². The molecule has 0 radical (unpaired) electrons. The maximum Gasteiger partial charge on any atom is 0.342 e. The molecule has 0 fully saturated rings. The molecule has 0 saturated heterocycles. The molecule has 3 aromatic rings. The number of rotatable bonds is 11. The number of furan rings is 2. The molecule has 31 heavy (non-hydrogen) atoms. The topological polar surface area (TPSA) is 93.6 Å². The summed E-state index contributed by atoms with van der Waals surface area (Å²) in [5.74, 6) is 2.21. The fourth-order valence-corrected chi connectivity index (χ4v) is 3.60. The van der Waals surface area contributed by atoms with Crippen molar-refractivity contribution in [3.63, 3.8) is 0 Å². The second kappa shape index (κ2) is 10.4. The fraction of sp³-hybridized carbons (Fsp3) is 0.522. The number of nitrogens with one attached hydrogen (secondary N) is 1. The molecule has 168 valence electrons. The molecule has 1 unspecified atom stereocenters. The van der Waals surface area contributed by atoms with Crippen LogP contribution in [0.25, 0.3) is 11.1 Å². The maximum absolute atomic E-state index is 12.5. The molecule has 0 bridgehead atoms. The Hall–Kier alpha value is -2.87. The Labute approximate surface area is 183 Å². The number of carbonyl (C=O) groups excluding carboxylic acids is 1. The second-order valence-electron chi connectivity index (χ2n) is 7.64. The van der Waals surface area contributed by atoms with E-state index >= 15 is 0 Å². The highest BCUT2D eigenvalue weighted by atomic mass is 16.5. The van der Waals surface area contributed by atoms with Crippen LogP contribution in [0, 0.1) is 13.8 Å². The van der Waals surface area contributed by atoms with Crippen LogP contribution in [0.15, 0.2) is 27.2 Å². The van der Waals surface area contributed by atoms with Crippen molar-refractivity contribution in [1.82, 2.24) is 14.9 Å². The van der Waals surface area contributed by atoms with Crippen LogP contribution < -0.4 is 5.32 Å². The number of carbonyl (C=O) groups is 1. The molecule has 0 aliphatic heterocycles. The van der Waals surface area contributed by atoms with Gasteiger partial charge in [-0.25, -0.2) is 9.78 Å². The van der Waals surface area contributed by atoms with E-state index in [1.807, 2.05) is 12.1 Å². The molecule has 0 aliphatic rings. The molecule has 8 heteroatoms. The van der Waals surface area contributed by atoms with Gasteiger partial charge < -0.3 is 18.9 Å². The quantitative estimate of drug-likeness (QED) is 0.347. The monoisotopic (exact) mass is 428 g/mol. The van der Waals surface area contributed by atoms with Gasteiger partial charge in [-0.2, -0.15) is 4.98 Å². The van der Waals surface area contributed by atoms with Gasteiger partial charge in [0.25, 0.3) is 0 Å². The van der Waals surface area contributed by atoms with Crippen LogP contribution in [0.1, 0.15) is 61.3 Å². The van der Waals surface area contributed by atoms with Crippen LogP contribution in [0.2, 0.25) is 0 Å². The molecule has 0 aliphatic carbocycles. The highest BCUT2D eigenvalue weighted by Gasteiger charge is 2.24. The Bertz CT molecular complexity index is 997. The van der Waals surface area contributed by atoms with Crippen molar-refractivity contribution in [1.29, 1.82) is 0 Å². The molecule has 3 rings (SSSR count). The van der Waals surface area contributed by atoms with E-state index in [1.165, 1.54) is 0 Å². The Balaban J connectivity index is 1.72. The molecule has 0 amide bonds. The lowest BCUT2D eigenvalue weighted by atomic mass is 10.1. The van der Waals surface area contributed by atoms with Gasteiger partial charge in [-0.1, -0.05) is 6.92 Å². The predicted octanol–water partition coefficient (Wildman–Crippen LogP) is 4.71. The molecule has 0 saturated carbocycles. The number of aryl methyl sites for hydroxylation is 2. The van der Waals surface area contributed by atoms with E-state index in [0.29, 0.717) is 53.3 Å². The number of nitrogens with zero attached hydrogens (tertiary/aromatic N) is 3. The van der Waals surface area contributed by atoms with Crippen molar-refractivity contribution in [3.05, 3.63) is 41.3 Å². The third kappa shape index (κ3) is 5.44. The van der Waals surface area contributed by atoms with Gasteiger partial charge in [-0.05, 0) is 52.7 Å². The van der Waals surface area contributed by atoms with Crippen LogP contribution in [0.3, 0.4) is 0 Å². The third-order valence-corrected chi connectivity index (χ3v) is 5.39. The minimum Gasteiger partial charge on any atom is -0.468 e. The number of esters is 1. The average Bonchev–Trinajstić information content (AvgIpc) is 3.36. The summed E-state index contributed by atoms with van der Waals surface area (Å²) in [5.41, 5.74) is 0.785. The Morgan fingerprint density at radius 3 is 2.77 bits per heavy atom. The molecule has 0 spiro atoms. The highest BCUT2D eigenvalue weighted by molar-refractivity contribution is 6.07. The maximum atomic E-state index is 12.5. The van der Waals surface area contributed by atoms with Crippen molar-refractivity contribution in [2.24, 2.45) is 0 Å². The summed E-state index contributed by atoms with van der Waals surface area (Å²) in [5, 5.41) is 3.96. The van der Waals surface area contributed by atoms with Crippen LogP contribution in [-0.4, -0.2) is 46.6 Å². The summed E-state index contributed by atoms with van der Waals surface area (Å²) in [6.07, 6.45) is 3.68. The van der Waals surface area contributed by atoms with E-state index in [9.17, 15) is 4.79 Å². The number of aromatic nitrogens is 2. The minimum absolute atomic E-state index is 0.293. The van der Waals surface area contributed by atoms with Crippen LogP contribution in [0.5, 0.6) is 0 Å². The van der Waals surface area contributed by atoms with E-state index in [2.05, 4.69) is 34.0 Å². The zero-order chi connectivity index (χ0) is 22.4. The van der Waals surface area contributed by atoms with Gasteiger partial charge >= 0.3 is 5.97 Å². The fourth-order valence-electron chi connectivity index (χ4n) is 3.60. The van der Waals surface area contributed by atoms with Gasteiger partial charge in [0.05, 0.1) is 24.8 Å². The summed E-state index contributed by atoms with van der Waals surface area (Å²) >= 11 is 0. The summed E-state index contributed by atoms with van der Waals surface area (Å²) in [6.45, 7) is 12.4. The van der Waals surface area contributed by atoms with Gasteiger partial charge in [0, 0.05) is 19.1 Å². The first-order valence-corrected chi connectivity index (χ1v) is 10.9. The Morgan fingerprint density at radius 1 is 1.29 bits per heavy atom. The summed E-state index contributed by atoms with van der Waals surface area (Å²) < 4.78 is 16.5. The van der Waals surface area contributed by atoms with Crippen molar-refractivity contribution in [2.75, 3.05) is 25.0 Å². The number of fused-ring (bicyclic) bond motifs is 1. The molecular formula is C23H32N4O4. The first-order chi connectivity index (χ1) is 14.9. The molecule has 8 nitrogen and oxygen atoms in total. The highest BCUT2D eigenvalue weighted by Crippen LogP contribution is 2.30. The van der Waals surface area contributed by atoms with Crippen molar-refractivity contribution in [3.8, 4) is 0 Å². The van der Waals surface area contributed by atoms with Gasteiger partial charge in [-0.3, -0.25) is 4.90 Å². The summed E-state index contributed by atoms with van der Waals surface area (Å²) in [7, 11) is 0. The first kappa shape index (κ1) is 22.8. The van der Waals surface area contributed by atoms with E-state index in [1.54, 1.807) is 27.0 Å². The van der Waals surface area contributed by atoms with Crippen molar-refractivity contribution in [2.45, 2.75) is 60.0 Å². The molecule has 1 atom stereocenters. The van der Waals surface area contributed by atoms with E-state index in [4.69, 9.17) is 13.6 Å². The van der Waals surface area contributed by atoms with Crippen molar-refractivity contribution >= 4 is 22.9 Å². The number of ether oxygens (including phenoxy) is 1. The lowest BCUT2D eigenvalue weighted by Crippen LogP contribution is -2.33. The number of anilines is 1. The van der Waals surface area contributed by atoms with E-state index in [-0.39, 0.29) is 0 Å². The van der Waals surface area contributed by atoms with Crippen LogP contribution in [-0.2, 0) is 11.3 Å². The molecule has 3 aromatic heterocycles. The largest absolute Gasteiger partial charge is 0.468 e. The number of hydrogen-bond acceptors (Lipinski definition) is 8. The minimum atomic E-state index is -0.421. The van der Waals surface area contributed by atoms with E-state index < -0.39 is 5.97 Å². The van der Waals surface area contributed by atoms with Crippen LogP contribution >= 0.6 is 0 Å². The SMILES string of the molecule is CCOC(=O)c1c(C)oc2nc(C)nc(NCCCN(Cc3ccco3)C(C)CC)c12. The lowest BCUT2D eigenvalue weighted by molar-refractivity contribution is 0.0526. The second-order valence-corrected chi connectivity index (χ2v) is 7.64. The molecule has 1 N–H and O–H groups in total. The van der Waals surface area contributed by atoms with Gasteiger partial charge in [0.1, 0.15) is 28.7 Å². The summed E-state index contributed by atoms with van der Waals surface area (Å²) in [6, 6.07) is 4.37. The lowest BCUT2D eigenvalue weighted by Gasteiger charge is -2.27. The van der Waals surface area contributed by atoms with Gasteiger partial charge in [-0.15, -0.1) is 0 Å². The molecular weight excluding hydrogens is 396 g/mol. The first-order valence-electron chi connectivity index (χ1n) is 10.9. The predicted molar refractivity (Wildman–Crippen MR) is 119 cm³/mol. The normalized spacial score (nSPS) is 12.5. The smallest absolute Gasteiger partial charge is 0.342 e. The van der Waals surface area contributed by atoms with E-state index in [0.717, 1.165) is 31.7 Å². The van der Waals surface area contributed by atoms with Gasteiger partial charge in [0.2, 0.25) is 5.71 Å². The number of hydrogen-bond donors (Lipinski definition) is 1. The summed E-state index contributed by atoms with van der Waals surface area (Å²) in [4.78, 5) is 23.8. The van der Waals surface area contributed by atoms with Gasteiger partial charge in [0.15, 0.2) is 0 Å². The Kier molecular flexibility index (Phi) is 7.68. The standard InChI is InChI=1S/C23H32N4O4/c1-6-15(3)27(14-18-10-8-13-30-18)12-9-11-24-21-20-19(23(28)29-7-2)16(4)31-22(20)26-17(5)25-21/h8,10,13,15H,6-7,9,11-12,14H2,1-5H3,(H,24,25,26). The Morgan fingerprint density at radius 2 is 2.10 bits per heavy atom. The molecule has 0 aromatic carbocycles. The molecule has 3 heterocycles. The average molecular weight is 429 g/mol. The van der Waals surface area contributed by atoms with Crippen molar-refractivity contribution < 1.29 is 18.4 Å². The third-order valence-electron chi connectivity index (χ3n) is 5.39. The zero-order valence-corrected chi connectivity index (χ0v) is 19.0.